The molecular weight excluding hydrogens is 170 g/mol. The lowest BCUT2D eigenvalue weighted by Gasteiger charge is -2.13. The van der Waals surface area contributed by atoms with Crippen molar-refractivity contribution in [3.63, 3.8) is 0 Å². The van der Waals surface area contributed by atoms with Crippen LogP contribution >= 0.6 is 0 Å². The average molecular weight is 183 g/mol. The van der Waals surface area contributed by atoms with E-state index in [-0.39, 0.29) is 5.54 Å². The van der Waals surface area contributed by atoms with Gasteiger partial charge < -0.3 is 5.32 Å². The smallest absolute Gasteiger partial charge is 0.323 e. The summed E-state index contributed by atoms with van der Waals surface area (Å²) in [5.74, 6) is 4.08. The van der Waals surface area contributed by atoms with Crippen LogP contribution in [0.25, 0.3) is 0 Å². The molecule has 0 saturated heterocycles. The summed E-state index contributed by atoms with van der Waals surface area (Å²) in [7, 11) is 0. The normalized spacial score (nSPS) is 35.0. The number of carbonyl (C=O) groups is 2. The maximum Gasteiger partial charge on any atom is 0.323 e. The van der Waals surface area contributed by atoms with Crippen LogP contribution < -0.4 is 16.6 Å². The van der Waals surface area contributed by atoms with E-state index in [1.54, 1.807) is 0 Å². The van der Waals surface area contributed by atoms with Crippen LogP contribution in [-0.4, -0.2) is 17.4 Å². The summed E-state index contributed by atoms with van der Waals surface area (Å²) >= 11 is 0. The highest BCUT2D eigenvalue weighted by Gasteiger charge is 2.58. The third-order valence-corrected chi connectivity index (χ3v) is 3.11. The van der Waals surface area contributed by atoms with Gasteiger partial charge >= 0.3 is 11.8 Å². The number of nitrogens with two attached hydrogens (primary N) is 1. The Balaban J connectivity index is 1.92. The molecule has 2 unspecified atom stereocenters. The Kier molecular flexibility index (Phi) is 1.76. The van der Waals surface area contributed by atoms with Crippen molar-refractivity contribution >= 4 is 11.8 Å². The minimum absolute atomic E-state index is 0.0520. The zero-order chi connectivity index (χ0) is 9.47. The van der Waals surface area contributed by atoms with E-state index < -0.39 is 11.8 Å². The maximum atomic E-state index is 11.2. The standard InChI is InChI=1S/C8H13N3O2/c9-11-7(13)6(12)10-8-3-1-2-5(8)4-8/h5H,1-4,9H2,(H,10,12)(H,11,13). The van der Waals surface area contributed by atoms with Gasteiger partial charge in [-0.25, -0.2) is 5.84 Å². The minimum atomic E-state index is -0.757. The van der Waals surface area contributed by atoms with Gasteiger partial charge in [0.05, 0.1) is 0 Å². The molecule has 5 nitrogen and oxygen atoms in total. The third kappa shape index (κ3) is 1.29. The van der Waals surface area contributed by atoms with Crippen LogP contribution in [0.1, 0.15) is 25.7 Å². The molecule has 0 bridgehead atoms. The van der Waals surface area contributed by atoms with Crippen molar-refractivity contribution in [3.8, 4) is 0 Å². The van der Waals surface area contributed by atoms with E-state index in [0.29, 0.717) is 5.92 Å². The highest BCUT2D eigenvalue weighted by Crippen LogP contribution is 2.55. The lowest BCUT2D eigenvalue weighted by Crippen LogP contribution is -2.47. The van der Waals surface area contributed by atoms with Crippen LogP contribution in [0.4, 0.5) is 0 Å². The monoisotopic (exact) mass is 183 g/mol. The Hall–Kier alpha value is -1.10. The molecule has 2 atom stereocenters. The summed E-state index contributed by atoms with van der Waals surface area (Å²) in [5, 5.41) is 2.75. The van der Waals surface area contributed by atoms with Gasteiger partial charge in [-0.2, -0.15) is 0 Å². The fourth-order valence-corrected chi connectivity index (χ4v) is 2.29. The minimum Gasteiger partial charge on any atom is -0.342 e. The molecular formula is C8H13N3O2. The van der Waals surface area contributed by atoms with Gasteiger partial charge in [0, 0.05) is 5.54 Å². The van der Waals surface area contributed by atoms with Crippen molar-refractivity contribution in [2.24, 2.45) is 11.8 Å². The van der Waals surface area contributed by atoms with E-state index in [1.165, 1.54) is 6.42 Å². The molecule has 0 aromatic rings. The van der Waals surface area contributed by atoms with E-state index in [2.05, 4.69) is 5.32 Å². The third-order valence-electron chi connectivity index (χ3n) is 3.11. The van der Waals surface area contributed by atoms with Crippen LogP contribution in [0.15, 0.2) is 0 Å². The van der Waals surface area contributed by atoms with Crippen molar-refractivity contribution in [1.29, 1.82) is 0 Å². The molecule has 0 spiro atoms. The van der Waals surface area contributed by atoms with Crippen LogP contribution in [0, 0.1) is 5.92 Å². The number of hydrogen-bond donors (Lipinski definition) is 3. The summed E-state index contributed by atoms with van der Waals surface area (Å²) in [4.78, 5) is 22.0. The SMILES string of the molecule is NNC(=O)C(=O)NC12CCCC1C2. The molecule has 0 aromatic carbocycles. The number of hydrazine groups is 1. The van der Waals surface area contributed by atoms with Gasteiger partial charge in [0.2, 0.25) is 0 Å². The van der Waals surface area contributed by atoms with Gasteiger partial charge in [0.25, 0.3) is 0 Å². The van der Waals surface area contributed by atoms with Crippen LogP contribution in [0.3, 0.4) is 0 Å². The summed E-state index contributed by atoms with van der Waals surface area (Å²) in [6.07, 6.45) is 4.34. The van der Waals surface area contributed by atoms with E-state index in [9.17, 15) is 9.59 Å². The average Bonchev–Trinajstić information content (AvgIpc) is 2.66. The number of hydrogen-bond acceptors (Lipinski definition) is 3. The molecule has 72 valence electrons. The number of carbonyl (C=O) groups excluding carboxylic acids is 2. The molecule has 0 aromatic heterocycles. The first-order valence-electron chi connectivity index (χ1n) is 4.51. The van der Waals surface area contributed by atoms with Gasteiger partial charge in [-0.15, -0.1) is 0 Å². The molecule has 2 amide bonds. The maximum absolute atomic E-state index is 11.2. The van der Waals surface area contributed by atoms with Crippen molar-refractivity contribution in [2.45, 2.75) is 31.2 Å². The predicted molar refractivity (Wildman–Crippen MR) is 45.2 cm³/mol. The lowest BCUT2D eigenvalue weighted by molar-refractivity contribution is -0.139. The van der Waals surface area contributed by atoms with Crippen LogP contribution in [-0.2, 0) is 9.59 Å². The Morgan fingerprint density at radius 3 is 2.62 bits per heavy atom. The summed E-state index contributed by atoms with van der Waals surface area (Å²) < 4.78 is 0. The van der Waals surface area contributed by atoms with E-state index in [1.807, 2.05) is 5.43 Å². The topological polar surface area (TPSA) is 84.2 Å². The lowest BCUT2D eigenvalue weighted by atomic mass is 10.2. The second-order valence-corrected chi connectivity index (χ2v) is 3.88. The summed E-state index contributed by atoms with van der Waals surface area (Å²) in [6.45, 7) is 0. The molecule has 4 N–H and O–H groups in total. The molecule has 13 heavy (non-hydrogen) atoms. The Morgan fingerprint density at radius 2 is 2.15 bits per heavy atom. The quantitative estimate of drug-likeness (QED) is 0.212. The second-order valence-electron chi connectivity index (χ2n) is 3.88. The highest BCUT2D eigenvalue weighted by atomic mass is 16.2. The van der Waals surface area contributed by atoms with Crippen molar-refractivity contribution < 1.29 is 9.59 Å². The molecule has 2 saturated carbocycles. The first-order chi connectivity index (χ1) is 6.18. The number of rotatable bonds is 1. The summed E-state index contributed by atoms with van der Waals surface area (Å²) in [6, 6.07) is 0. The molecule has 2 rings (SSSR count). The molecule has 0 aliphatic heterocycles. The van der Waals surface area contributed by atoms with E-state index >= 15 is 0 Å². The van der Waals surface area contributed by atoms with Crippen LogP contribution in [0.2, 0.25) is 0 Å². The van der Waals surface area contributed by atoms with E-state index in [4.69, 9.17) is 5.84 Å². The predicted octanol–water partition coefficient (Wildman–Crippen LogP) is -0.965. The fraction of sp³-hybridized carbons (Fsp3) is 0.750. The molecule has 2 aliphatic rings. The molecule has 2 aliphatic carbocycles. The van der Waals surface area contributed by atoms with Gasteiger partial charge in [-0.05, 0) is 25.2 Å². The zero-order valence-corrected chi connectivity index (χ0v) is 7.30. The Bertz CT molecular complexity index is 266. The number of amides is 2. The number of fused-ring (bicyclic) bond motifs is 1. The second kappa shape index (κ2) is 2.70. The Morgan fingerprint density at radius 1 is 1.38 bits per heavy atom. The first-order valence-corrected chi connectivity index (χ1v) is 4.51. The van der Waals surface area contributed by atoms with Gasteiger partial charge in [0.15, 0.2) is 0 Å². The molecule has 5 heteroatoms. The molecule has 0 radical (unpaired) electrons. The van der Waals surface area contributed by atoms with Crippen molar-refractivity contribution in [1.82, 2.24) is 10.7 Å². The van der Waals surface area contributed by atoms with Gasteiger partial charge in [-0.1, -0.05) is 6.42 Å². The molecule has 2 fully saturated rings. The highest BCUT2D eigenvalue weighted by molar-refractivity contribution is 6.35. The first kappa shape index (κ1) is 8.50. The largest absolute Gasteiger partial charge is 0.342 e. The van der Waals surface area contributed by atoms with E-state index in [0.717, 1.165) is 19.3 Å². The molecule has 0 heterocycles. The Labute approximate surface area is 76.0 Å². The van der Waals surface area contributed by atoms with Crippen molar-refractivity contribution in [2.75, 3.05) is 0 Å². The van der Waals surface area contributed by atoms with Crippen LogP contribution in [0.5, 0.6) is 0 Å². The number of nitrogens with one attached hydrogen (secondary N) is 2. The fourth-order valence-electron chi connectivity index (χ4n) is 2.29. The van der Waals surface area contributed by atoms with Gasteiger partial charge in [-0.3, -0.25) is 15.0 Å². The summed E-state index contributed by atoms with van der Waals surface area (Å²) in [5.41, 5.74) is 1.77. The zero-order valence-electron chi connectivity index (χ0n) is 7.30. The van der Waals surface area contributed by atoms with Crippen molar-refractivity contribution in [3.05, 3.63) is 0 Å². The van der Waals surface area contributed by atoms with Gasteiger partial charge in [0.1, 0.15) is 0 Å².